The van der Waals surface area contributed by atoms with Crippen molar-refractivity contribution in [2.24, 2.45) is 9.98 Å². The van der Waals surface area contributed by atoms with Crippen LogP contribution in [-0.2, 0) is 4.79 Å². The average Bonchev–Trinajstić information content (AvgIpc) is 2.42. The summed E-state index contributed by atoms with van der Waals surface area (Å²) in [7, 11) is 0. The van der Waals surface area contributed by atoms with E-state index in [9.17, 15) is 9.59 Å². The minimum Gasteiger partial charge on any atom is -0.293 e. The van der Waals surface area contributed by atoms with E-state index in [0.717, 1.165) is 11.8 Å². The number of ketones is 1. The molecule has 2 rings (SSSR count). The van der Waals surface area contributed by atoms with Crippen molar-refractivity contribution in [1.29, 1.82) is 0 Å². The molecule has 1 aromatic rings. The number of carbonyl (C=O) groups is 2. The number of benzene rings is 1. The Bertz CT molecular complexity index is 648. The SMILES string of the molecule is C=C1C(=O)N=C(SCC(=O)c2ccc(Cl)cc2)N=C1C. The Hall–Kier alpha value is -1.72. The standard InChI is InChI=1S/C14H11ClN2O2S/c1-8-9(2)16-14(17-13(8)19)20-7-12(18)10-3-5-11(15)6-4-10/h3-6H,1,7H2,2H3. The van der Waals surface area contributed by atoms with Crippen LogP contribution in [0.5, 0.6) is 0 Å². The molecule has 0 radical (unpaired) electrons. The van der Waals surface area contributed by atoms with Gasteiger partial charge in [-0.05, 0) is 31.2 Å². The molecule has 20 heavy (non-hydrogen) atoms. The second-order valence-corrected chi connectivity index (χ2v) is 5.47. The predicted molar refractivity (Wildman–Crippen MR) is 82.9 cm³/mol. The lowest BCUT2D eigenvalue weighted by molar-refractivity contribution is -0.113. The van der Waals surface area contributed by atoms with Gasteiger partial charge in [-0.2, -0.15) is 4.99 Å². The van der Waals surface area contributed by atoms with Gasteiger partial charge in [-0.1, -0.05) is 29.9 Å². The van der Waals surface area contributed by atoms with Gasteiger partial charge < -0.3 is 0 Å². The fourth-order valence-electron chi connectivity index (χ4n) is 1.46. The first-order valence-electron chi connectivity index (χ1n) is 5.76. The van der Waals surface area contributed by atoms with Crippen molar-refractivity contribution in [1.82, 2.24) is 0 Å². The van der Waals surface area contributed by atoms with Crippen LogP contribution >= 0.6 is 23.4 Å². The molecule has 1 aliphatic heterocycles. The number of halogens is 1. The molecule has 0 unspecified atom stereocenters. The molecular formula is C14H11ClN2O2S. The van der Waals surface area contributed by atoms with Crippen LogP contribution in [0.3, 0.4) is 0 Å². The summed E-state index contributed by atoms with van der Waals surface area (Å²) >= 11 is 6.89. The third-order valence-corrected chi connectivity index (χ3v) is 3.75. The predicted octanol–water partition coefficient (Wildman–Crippen LogP) is 3.17. The number of amides is 1. The first kappa shape index (κ1) is 14.7. The molecule has 1 heterocycles. The van der Waals surface area contributed by atoms with Gasteiger partial charge in [0.15, 0.2) is 11.0 Å². The number of carbonyl (C=O) groups excluding carboxylic acids is 2. The van der Waals surface area contributed by atoms with Crippen molar-refractivity contribution >= 4 is 45.9 Å². The van der Waals surface area contributed by atoms with E-state index in [0.29, 0.717) is 27.0 Å². The van der Waals surface area contributed by atoms with E-state index < -0.39 is 5.91 Å². The van der Waals surface area contributed by atoms with Crippen LogP contribution in [0.25, 0.3) is 0 Å². The summed E-state index contributed by atoms with van der Waals surface area (Å²) in [4.78, 5) is 31.3. The van der Waals surface area contributed by atoms with Crippen LogP contribution in [0, 0.1) is 0 Å². The lowest BCUT2D eigenvalue weighted by atomic mass is 10.1. The topological polar surface area (TPSA) is 58.9 Å². The number of nitrogens with zero attached hydrogens (tertiary/aromatic N) is 2. The smallest absolute Gasteiger partial charge is 0.280 e. The molecule has 1 aliphatic rings. The molecule has 0 saturated heterocycles. The highest BCUT2D eigenvalue weighted by Gasteiger charge is 2.18. The zero-order valence-corrected chi connectivity index (χ0v) is 12.3. The maximum Gasteiger partial charge on any atom is 0.280 e. The zero-order chi connectivity index (χ0) is 14.7. The van der Waals surface area contributed by atoms with E-state index >= 15 is 0 Å². The maximum atomic E-state index is 12.0. The van der Waals surface area contributed by atoms with Crippen LogP contribution in [0.2, 0.25) is 5.02 Å². The highest BCUT2D eigenvalue weighted by Crippen LogP contribution is 2.17. The van der Waals surface area contributed by atoms with E-state index in [1.165, 1.54) is 0 Å². The van der Waals surface area contributed by atoms with Gasteiger partial charge in [0.1, 0.15) is 0 Å². The number of hydrogen-bond acceptors (Lipinski definition) is 4. The maximum absolute atomic E-state index is 12.0. The fourth-order valence-corrected chi connectivity index (χ4v) is 2.36. The number of amidine groups is 1. The normalized spacial score (nSPS) is 14.9. The monoisotopic (exact) mass is 306 g/mol. The summed E-state index contributed by atoms with van der Waals surface area (Å²) in [5.74, 6) is -0.310. The lowest BCUT2D eigenvalue weighted by Crippen LogP contribution is -2.16. The molecule has 0 atom stereocenters. The average molecular weight is 307 g/mol. The van der Waals surface area contributed by atoms with E-state index in [2.05, 4.69) is 16.6 Å². The Morgan fingerprint density at radius 2 is 1.95 bits per heavy atom. The van der Waals surface area contributed by atoms with Gasteiger partial charge in [0, 0.05) is 10.6 Å². The summed E-state index contributed by atoms with van der Waals surface area (Å²) < 4.78 is 0. The summed E-state index contributed by atoms with van der Waals surface area (Å²) in [6.45, 7) is 5.28. The summed E-state index contributed by atoms with van der Waals surface area (Å²) in [6, 6.07) is 6.64. The minimum absolute atomic E-state index is 0.0703. The first-order chi connectivity index (χ1) is 9.47. The van der Waals surface area contributed by atoms with Crippen molar-refractivity contribution in [3.8, 4) is 0 Å². The van der Waals surface area contributed by atoms with Crippen molar-refractivity contribution in [2.75, 3.05) is 5.75 Å². The van der Waals surface area contributed by atoms with Crippen LogP contribution in [-0.4, -0.2) is 28.3 Å². The highest BCUT2D eigenvalue weighted by atomic mass is 35.5. The van der Waals surface area contributed by atoms with Crippen LogP contribution in [0.4, 0.5) is 0 Å². The Labute approximate surface area is 125 Å². The van der Waals surface area contributed by atoms with E-state index in [1.54, 1.807) is 31.2 Å². The Morgan fingerprint density at radius 1 is 1.30 bits per heavy atom. The Kier molecular flexibility index (Phi) is 4.52. The number of Topliss-reactive ketones (excluding diaryl/α,β-unsaturated/α-hetero) is 1. The van der Waals surface area contributed by atoms with Gasteiger partial charge in [0.25, 0.3) is 5.91 Å². The fraction of sp³-hybridized carbons (Fsp3) is 0.143. The summed E-state index contributed by atoms with van der Waals surface area (Å²) in [5, 5.41) is 0.873. The van der Waals surface area contributed by atoms with Crippen molar-refractivity contribution in [3.05, 3.63) is 47.0 Å². The van der Waals surface area contributed by atoms with Crippen molar-refractivity contribution in [2.45, 2.75) is 6.92 Å². The molecule has 6 heteroatoms. The second kappa shape index (κ2) is 6.15. The van der Waals surface area contributed by atoms with Gasteiger partial charge in [-0.25, -0.2) is 4.99 Å². The third kappa shape index (κ3) is 3.43. The van der Waals surface area contributed by atoms with E-state index in [1.807, 2.05) is 0 Å². The number of hydrogen-bond donors (Lipinski definition) is 0. The van der Waals surface area contributed by atoms with Gasteiger partial charge in [0.2, 0.25) is 0 Å². The molecule has 1 aromatic carbocycles. The molecule has 0 aliphatic carbocycles. The molecule has 102 valence electrons. The molecule has 1 amide bonds. The molecule has 4 nitrogen and oxygen atoms in total. The first-order valence-corrected chi connectivity index (χ1v) is 7.13. The quantitative estimate of drug-likeness (QED) is 0.636. The molecule has 0 saturated carbocycles. The largest absolute Gasteiger partial charge is 0.293 e. The van der Waals surface area contributed by atoms with Gasteiger partial charge in [-0.15, -0.1) is 0 Å². The molecule has 0 N–H and O–H groups in total. The summed E-state index contributed by atoms with van der Waals surface area (Å²) in [5.41, 5.74) is 1.39. The highest BCUT2D eigenvalue weighted by molar-refractivity contribution is 8.14. The van der Waals surface area contributed by atoms with E-state index in [4.69, 9.17) is 11.6 Å². The molecular weight excluding hydrogens is 296 g/mol. The van der Waals surface area contributed by atoms with Crippen LogP contribution < -0.4 is 0 Å². The van der Waals surface area contributed by atoms with Crippen LogP contribution in [0.15, 0.2) is 46.4 Å². The van der Waals surface area contributed by atoms with Crippen molar-refractivity contribution < 1.29 is 9.59 Å². The van der Waals surface area contributed by atoms with E-state index in [-0.39, 0.29) is 11.5 Å². The summed E-state index contributed by atoms with van der Waals surface area (Å²) in [6.07, 6.45) is 0. The molecule has 0 fully saturated rings. The number of aliphatic imine (C=N–C) groups is 2. The van der Waals surface area contributed by atoms with Gasteiger partial charge >= 0.3 is 0 Å². The molecule has 0 aromatic heterocycles. The number of rotatable bonds is 3. The Balaban J connectivity index is 2.01. The second-order valence-electron chi connectivity index (χ2n) is 4.09. The third-order valence-electron chi connectivity index (χ3n) is 2.65. The molecule has 0 bridgehead atoms. The number of thioether (sulfide) groups is 1. The lowest BCUT2D eigenvalue weighted by Gasteiger charge is -2.09. The zero-order valence-electron chi connectivity index (χ0n) is 10.7. The minimum atomic E-state index is -0.404. The Morgan fingerprint density at radius 3 is 2.55 bits per heavy atom. The van der Waals surface area contributed by atoms with Crippen molar-refractivity contribution in [3.63, 3.8) is 0 Å². The van der Waals surface area contributed by atoms with Crippen LogP contribution in [0.1, 0.15) is 17.3 Å². The van der Waals surface area contributed by atoms with Gasteiger partial charge in [0.05, 0.1) is 17.0 Å². The molecule has 0 spiro atoms. The van der Waals surface area contributed by atoms with Gasteiger partial charge in [-0.3, -0.25) is 9.59 Å².